The van der Waals surface area contributed by atoms with Crippen LogP contribution in [0, 0.1) is 13.8 Å². The second kappa shape index (κ2) is 5.65. The van der Waals surface area contributed by atoms with Gasteiger partial charge >= 0.3 is 7.12 Å². The van der Waals surface area contributed by atoms with Crippen molar-refractivity contribution >= 4 is 28.3 Å². The smallest absolute Gasteiger partial charge is 0.399 e. The second-order valence-corrected chi connectivity index (χ2v) is 8.50. The normalized spacial score (nSPS) is 19.7. The number of hydrogen-bond acceptors (Lipinski definition) is 4. The van der Waals surface area contributed by atoms with Crippen molar-refractivity contribution in [3.8, 4) is 0 Å². The predicted molar refractivity (Wildman–Crippen MR) is 94.4 cm³/mol. The number of sulfonamides is 1. The minimum atomic E-state index is -3.56. The van der Waals surface area contributed by atoms with Crippen LogP contribution >= 0.6 is 0 Å². The Hall–Kier alpha value is -1.31. The molecule has 0 amide bonds. The van der Waals surface area contributed by atoms with Gasteiger partial charge in [-0.2, -0.15) is 0 Å². The van der Waals surface area contributed by atoms with Gasteiger partial charge in [0.05, 0.1) is 16.9 Å². The third kappa shape index (κ3) is 3.32. The van der Waals surface area contributed by atoms with E-state index in [0.29, 0.717) is 5.69 Å². The fraction of sp³-hybridized carbons (Fsp3) is 0.500. The molecule has 1 aromatic carbocycles. The molecule has 0 bridgehead atoms. The number of nitrogens with one attached hydrogen (secondary N) is 1. The predicted octanol–water partition coefficient (Wildman–Crippen LogP) is 2.49. The Balaban J connectivity index is 2.47. The average molecular weight is 337 g/mol. The summed E-state index contributed by atoms with van der Waals surface area (Å²) >= 11 is 0. The number of anilines is 1. The van der Waals surface area contributed by atoms with Crippen LogP contribution in [-0.2, 0) is 19.3 Å². The van der Waals surface area contributed by atoms with Gasteiger partial charge in [0, 0.05) is 5.41 Å². The molecule has 126 valence electrons. The van der Waals surface area contributed by atoms with Gasteiger partial charge in [-0.3, -0.25) is 4.72 Å². The minimum absolute atomic E-state index is 0.451. The van der Waals surface area contributed by atoms with Crippen LogP contribution in [-0.4, -0.2) is 26.7 Å². The zero-order valence-electron chi connectivity index (χ0n) is 14.6. The highest BCUT2D eigenvalue weighted by atomic mass is 32.2. The van der Waals surface area contributed by atoms with Gasteiger partial charge in [-0.15, -0.1) is 0 Å². The molecular formula is C16H24BNO4S. The van der Waals surface area contributed by atoms with Crippen LogP contribution < -0.4 is 10.2 Å². The average Bonchev–Trinajstić information content (AvgIpc) is 2.62. The van der Waals surface area contributed by atoms with Gasteiger partial charge in [-0.25, -0.2) is 8.42 Å². The van der Waals surface area contributed by atoms with Crippen LogP contribution in [0.3, 0.4) is 0 Å². The lowest BCUT2D eigenvalue weighted by Gasteiger charge is -2.32. The number of rotatable bonds is 4. The molecule has 0 radical (unpaired) electrons. The largest absolute Gasteiger partial charge is 0.495 e. The zero-order chi connectivity index (χ0) is 17.6. The molecule has 1 N–H and O–H groups in total. The minimum Gasteiger partial charge on any atom is -0.399 e. The van der Waals surface area contributed by atoms with Crippen molar-refractivity contribution in [2.45, 2.75) is 52.7 Å². The van der Waals surface area contributed by atoms with Crippen LogP contribution in [0.2, 0.25) is 0 Å². The van der Waals surface area contributed by atoms with Crippen molar-refractivity contribution in [2.75, 3.05) is 4.72 Å². The molecule has 1 aliphatic rings. The first-order chi connectivity index (χ1) is 10.4. The summed E-state index contributed by atoms with van der Waals surface area (Å²) in [6.07, 6.45) is 0. The Kier molecular flexibility index (Phi) is 4.43. The van der Waals surface area contributed by atoms with E-state index < -0.39 is 28.3 Å². The summed E-state index contributed by atoms with van der Waals surface area (Å²) in [5.41, 5.74) is 2.23. The van der Waals surface area contributed by atoms with Gasteiger partial charge in [-0.1, -0.05) is 18.2 Å². The highest BCUT2D eigenvalue weighted by molar-refractivity contribution is 7.95. The zero-order valence-corrected chi connectivity index (χ0v) is 15.4. The van der Waals surface area contributed by atoms with Crippen LogP contribution in [0.25, 0.3) is 0 Å². The topological polar surface area (TPSA) is 64.6 Å². The summed E-state index contributed by atoms with van der Waals surface area (Å²) < 4.78 is 38.2. The molecule has 1 heterocycles. The van der Waals surface area contributed by atoms with Crippen LogP contribution in [0.5, 0.6) is 0 Å². The molecule has 0 spiro atoms. The quantitative estimate of drug-likeness (QED) is 0.858. The molecule has 1 aliphatic heterocycles. The first-order valence-corrected chi connectivity index (χ1v) is 9.06. The van der Waals surface area contributed by atoms with E-state index in [2.05, 4.69) is 11.3 Å². The number of aryl methyl sites for hydroxylation is 1. The second-order valence-electron chi connectivity index (χ2n) is 6.87. The Bertz CT molecular complexity index is 725. The Morgan fingerprint density at radius 2 is 1.65 bits per heavy atom. The van der Waals surface area contributed by atoms with Crippen LogP contribution in [0.15, 0.2) is 24.1 Å². The third-order valence-corrected chi connectivity index (χ3v) is 5.64. The van der Waals surface area contributed by atoms with E-state index >= 15 is 0 Å². The fourth-order valence-corrected chi connectivity index (χ4v) is 3.10. The summed E-state index contributed by atoms with van der Waals surface area (Å²) in [4.78, 5) is 0. The van der Waals surface area contributed by atoms with Crippen LogP contribution in [0.4, 0.5) is 5.69 Å². The number of hydrogen-bond donors (Lipinski definition) is 1. The molecule has 1 saturated heterocycles. The van der Waals surface area contributed by atoms with Gasteiger partial charge in [-0.05, 0) is 58.6 Å². The first-order valence-electron chi connectivity index (χ1n) is 7.51. The van der Waals surface area contributed by atoms with E-state index in [4.69, 9.17) is 9.31 Å². The highest BCUT2D eigenvalue weighted by Crippen LogP contribution is 2.37. The molecule has 0 aromatic heterocycles. The summed E-state index contributed by atoms with van der Waals surface area (Å²) in [6, 6.07) is 3.59. The van der Waals surface area contributed by atoms with Gasteiger partial charge in [0.25, 0.3) is 10.0 Å². The van der Waals surface area contributed by atoms with E-state index in [1.807, 2.05) is 47.6 Å². The van der Waals surface area contributed by atoms with Crippen molar-refractivity contribution in [1.29, 1.82) is 0 Å². The SMILES string of the molecule is C=CS(=O)(=O)Nc1ccc(C)c(B2OC(C)(C)C(C)(C)O2)c1C. The lowest BCUT2D eigenvalue weighted by atomic mass is 9.73. The maximum atomic E-state index is 11.8. The lowest BCUT2D eigenvalue weighted by Crippen LogP contribution is -2.41. The summed E-state index contributed by atoms with van der Waals surface area (Å²) in [5, 5.41) is 0.890. The van der Waals surface area contributed by atoms with Crippen molar-refractivity contribution in [2.24, 2.45) is 0 Å². The standard InChI is InChI=1S/C16H24BNO4S/c1-8-23(19,20)18-13-10-9-11(2)14(12(13)3)17-21-15(4,5)16(6,7)22-17/h8-10,18H,1H2,2-7H3. The fourth-order valence-electron chi connectivity index (χ4n) is 2.49. The van der Waals surface area contributed by atoms with Crippen molar-refractivity contribution in [3.63, 3.8) is 0 Å². The van der Waals surface area contributed by atoms with Gasteiger partial charge in [0.1, 0.15) is 0 Å². The molecule has 0 atom stereocenters. The molecule has 1 fully saturated rings. The molecule has 0 saturated carbocycles. The summed E-state index contributed by atoms with van der Waals surface area (Å²) in [6.45, 7) is 15.1. The monoisotopic (exact) mass is 337 g/mol. The van der Waals surface area contributed by atoms with Gasteiger partial charge < -0.3 is 9.31 Å². The van der Waals surface area contributed by atoms with E-state index in [1.165, 1.54) is 0 Å². The van der Waals surface area contributed by atoms with Crippen molar-refractivity contribution in [1.82, 2.24) is 0 Å². The van der Waals surface area contributed by atoms with Crippen molar-refractivity contribution < 1.29 is 17.7 Å². The summed E-state index contributed by atoms with van der Waals surface area (Å²) in [5.74, 6) is 0. The molecule has 23 heavy (non-hydrogen) atoms. The van der Waals surface area contributed by atoms with Crippen LogP contribution in [0.1, 0.15) is 38.8 Å². The van der Waals surface area contributed by atoms with E-state index in [-0.39, 0.29) is 0 Å². The molecule has 7 heteroatoms. The highest BCUT2D eigenvalue weighted by Gasteiger charge is 2.52. The Labute approximate surface area is 139 Å². The molecule has 1 aromatic rings. The lowest BCUT2D eigenvalue weighted by molar-refractivity contribution is 0.00578. The Morgan fingerprint density at radius 1 is 1.13 bits per heavy atom. The molecule has 0 aliphatic carbocycles. The van der Waals surface area contributed by atoms with E-state index in [9.17, 15) is 8.42 Å². The maximum absolute atomic E-state index is 11.8. The molecule has 0 unspecified atom stereocenters. The third-order valence-electron chi connectivity index (χ3n) is 4.69. The Morgan fingerprint density at radius 3 is 2.13 bits per heavy atom. The summed E-state index contributed by atoms with van der Waals surface area (Å²) in [7, 11) is -4.10. The van der Waals surface area contributed by atoms with Gasteiger partial charge in [0.15, 0.2) is 0 Å². The molecule has 5 nitrogen and oxygen atoms in total. The number of benzene rings is 1. The maximum Gasteiger partial charge on any atom is 0.495 e. The van der Waals surface area contributed by atoms with E-state index in [0.717, 1.165) is 22.0 Å². The first kappa shape index (κ1) is 18.0. The molecular weight excluding hydrogens is 313 g/mol. The van der Waals surface area contributed by atoms with E-state index in [1.54, 1.807) is 6.07 Å². The van der Waals surface area contributed by atoms with Crippen molar-refractivity contribution in [3.05, 3.63) is 35.2 Å². The van der Waals surface area contributed by atoms with Gasteiger partial charge in [0.2, 0.25) is 0 Å². The molecule has 2 rings (SSSR count).